The van der Waals surface area contributed by atoms with Gasteiger partial charge in [0.15, 0.2) is 0 Å². The molecule has 2 aliphatic rings. The average Bonchev–Trinajstić information content (AvgIpc) is 3.13. The Balaban J connectivity index is 1.46. The molecule has 2 heterocycles. The van der Waals surface area contributed by atoms with Crippen molar-refractivity contribution in [2.45, 2.75) is 30.6 Å². The third-order valence-electron chi connectivity index (χ3n) is 5.54. The van der Waals surface area contributed by atoms with Gasteiger partial charge in [-0.25, -0.2) is 8.42 Å². The first-order chi connectivity index (χ1) is 14.3. The number of fused-ring (bicyclic) bond motifs is 1. The standard InChI is InChI=1S/C21H23Cl2N3O3S/c22-16-4-6-19(18(23)13-16)24-21(27)14-25-11-8-15-12-17(5-7-20(15)25)30(28,29)26-9-2-1-3-10-26/h4-7,12-13H,1-3,8-11,14H2,(H,24,27). The van der Waals surface area contributed by atoms with Crippen molar-refractivity contribution in [3.63, 3.8) is 0 Å². The normalized spacial score (nSPS) is 17.1. The number of halogens is 2. The smallest absolute Gasteiger partial charge is 0.243 e. The lowest BCUT2D eigenvalue weighted by Gasteiger charge is -2.26. The third-order valence-corrected chi connectivity index (χ3v) is 7.98. The lowest BCUT2D eigenvalue weighted by molar-refractivity contribution is -0.115. The number of carbonyl (C=O) groups is 1. The van der Waals surface area contributed by atoms with Crippen molar-refractivity contribution in [3.8, 4) is 0 Å². The Hall–Kier alpha value is -1.80. The van der Waals surface area contributed by atoms with Gasteiger partial charge in [0.05, 0.1) is 22.2 Å². The van der Waals surface area contributed by atoms with Crippen LogP contribution < -0.4 is 10.2 Å². The van der Waals surface area contributed by atoms with Crippen molar-refractivity contribution >= 4 is 50.5 Å². The molecule has 6 nitrogen and oxygen atoms in total. The number of nitrogens with zero attached hydrogens (tertiary/aromatic N) is 2. The molecule has 1 saturated heterocycles. The largest absolute Gasteiger partial charge is 0.362 e. The lowest BCUT2D eigenvalue weighted by Crippen LogP contribution is -2.35. The summed E-state index contributed by atoms with van der Waals surface area (Å²) < 4.78 is 27.4. The van der Waals surface area contributed by atoms with Crippen LogP contribution in [0.5, 0.6) is 0 Å². The van der Waals surface area contributed by atoms with Crippen molar-refractivity contribution in [1.82, 2.24) is 4.31 Å². The Morgan fingerprint density at radius 1 is 1.00 bits per heavy atom. The van der Waals surface area contributed by atoms with Crippen LogP contribution in [0.3, 0.4) is 0 Å². The molecule has 0 aliphatic carbocycles. The van der Waals surface area contributed by atoms with Gasteiger partial charge in [-0.1, -0.05) is 29.6 Å². The predicted octanol–water partition coefficient (Wildman–Crippen LogP) is 4.17. The minimum absolute atomic E-state index is 0.157. The number of hydrogen-bond donors (Lipinski definition) is 1. The van der Waals surface area contributed by atoms with Crippen molar-refractivity contribution < 1.29 is 13.2 Å². The molecule has 0 spiro atoms. The summed E-state index contributed by atoms with van der Waals surface area (Å²) in [4.78, 5) is 14.8. The molecule has 0 aromatic heterocycles. The molecule has 30 heavy (non-hydrogen) atoms. The first-order valence-corrected chi connectivity index (χ1v) is 12.2. The van der Waals surface area contributed by atoms with E-state index in [1.54, 1.807) is 34.6 Å². The topological polar surface area (TPSA) is 69.7 Å². The van der Waals surface area contributed by atoms with Crippen LogP contribution in [0.1, 0.15) is 24.8 Å². The second kappa shape index (κ2) is 8.75. The van der Waals surface area contributed by atoms with Crippen molar-refractivity contribution in [1.29, 1.82) is 0 Å². The minimum atomic E-state index is -3.46. The van der Waals surface area contributed by atoms with Crippen LogP contribution in [0.4, 0.5) is 11.4 Å². The number of anilines is 2. The number of carbonyl (C=O) groups excluding carboxylic acids is 1. The Morgan fingerprint density at radius 3 is 2.50 bits per heavy atom. The summed E-state index contributed by atoms with van der Waals surface area (Å²) >= 11 is 12.0. The average molecular weight is 468 g/mol. The molecule has 2 aliphatic heterocycles. The quantitative estimate of drug-likeness (QED) is 0.715. The van der Waals surface area contributed by atoms with Crippen molar-refractivity contribution in [2.24, 2.45) is 0 Å². The highest BCUT2D eigenvalue weighted by Gasteiger charge is 2.28. The highest BCUT2D eigenvalue weighted by molar-refractivity contribution is 7.89. The zero-order valence-electron chi connectivity index (χ0n) is 16.4. The van der Waals surface area contributed by atoms with Crippen LogP contribution in [0.2, 0.25) is 10.0 Å². The molecule has 160 valence electrons. The van der Waals surface area contributed by atoms with E-state index in [1.165, 1.54) is 0 Å². The van der Waals surface area contributed by atoms with Crippen LogP contribution in [-0.4, -0.2) is 44.8 Å². The van der Waals surface area contributed by atoms with Gasteiger partial charge in [-0.15, -0.1) is 0 Å². The first-order valence-electron chi connectivity index (χ1n) is 9.97. The molecule has 1 N–H and O–H groups in total. The third kappa shape index (κ3) is 4.44. The van der Waals surface area contributed by atoms with E-state index < -0.39 is 10.0 Å². The number of benzene rings is 2. The van der Waals surface area contributed by atoms with E-state index in [0.29, 0.717) is 46.7 Å². The molecule has 0 atom stereocenters. The van der Waals surface area contributed by atoms with E-state index in [9.17, 15) is 13.2 Å². The number of amides is 1. The fourth-order valence-electron chi connectivity index (χ4n) is 3.98. The zero-order valence-corrected chi connectivity index (χ0v) is 18.7. The van der Waals surface area contributed by atoms with Gasteiger partial charge in [-0.05, 0) is 61.2 Å². The molecule has 1 amide bonds. The van der Waals surface area contributed by atoms with Crippen molar-refractivity contribution in [2.75, 3.05) is 36.4 Å². The summed E-state index contributed by atoms with van der Waals surface area (Å²) in [6.07, 6.45) is 3.59. The molecule has 0 radical (unpaired) electrons. The highest BCUT2D eigenvalue weighted by Crippen LogP contribution is 2.32. The van der Waals surface area contributed by atoms with Gasteiger partial charge < -0.3 is 10.2 Å². The summed E-state index contributed by atoms with van der Waals surface area (Å²) in [5, 5.41) is 3.68. The van der Waals surface area contributed by atoms with Gasteiger partial charge in [0.1, 0.15) is 0 Å². The molecular formula is C21H23Cl2N3O3S. The zero-order chi connectivity index (χ0) is 21.3. The van der Waals surface area contributed by atoms with E-state index in [-0.39, 0.29) is 12.5 Å². The molecule has 0 saturated carbocycles. The molecule has 2 aromatic rings. The molecule has 0 bridgehead atoms. The summed E-state index contributed by atoms with van der Waals surface area (Å²) in [5.41, 5.74) is 2.35. The highest BCUT2D eigenvalue weighted by atomic mass is 35.5. The van der Waals surface area contributed by atoms with Gasteiger partial charge in [0, 0.05) is 30.3 Å². The first kappa shape index (κ1) is 21.4. The van der Waals surface area contributed by atoms with Gasteiger partial charge in [0.2, 0.25) is 15.9 Å². The van der Waals surface area contributed by atoms with Crippen LogP contribution in [0.15, 0.2) is 41.3 Å². The Bertz CT molecular complexity index is 1070. The van der Waals surface area contributed by atoms with Crippen LogP contribution in [0.25, 0.3) is 0 Å². The molecule has 4 rings (SSSR count). The maximum absolute atomic E-state index is 12.9. The summed E-state index contributed by atoms with van der Waals surface area (Å²) in [6, 6.07) is 10.1. The molecule has 1 fully saturated rings. The van der Waals surface area contributed by atoms with E-state index in [1.807, 2.05) is 11.0 Å². The van der Waals surface area contributed by atoms with E-state index in [2.05, 4.69) is 5.32 Å². The van der Waals surface area contributed by atoms with Crippen LogP contribution in [0, 0.1) is 0 Å². The summed E-state index contributed by atoms with van der Waals surface area (Å²) in [5.74, 6) is -0.197. The monoisotopic (exact) mass is 467 g/mol. The second-order valence-electron chi connectivity index (χ2n) is 7.60. The van der Waals surface area contributed by atoms with E-state index in [4.69, 9.17) is 23.2 Å². The van der Waals surface area contributed by atoms with Crippen LogP contribution >= 0.6 is 23.2 Å². The summed E-state index contributed by atoms with van der Waals surface area (Å²) in [7, 11) is -3.46. The maximum Gasteiger partial charge on any atom is 0.243 e. The van der Waals surface area contributed by atoms with Crippen LogP contribution in [-0.2, 0) is 21.2 Å². The Kier molecular flexibility index (Phi) is 6.25. The van der Waals surface area contributed by atoms with Gasteiger partial charge in [-0.2, -0.15) is 4.31 Å². The maximum atomic E-state index is 12.9. The number of sulfonamides is 1. The number of piperidine rings is 1. The van der Waals surface area contributed by atoms with E-state index in [0.717, 1.165) is 30.5 Å². The molecule has 9 heteroatoms. The summed E-state index contributed by atoms with van der Waals surface area (Å²) in [6.45, 7) is 1.98. The fourth-order valence-corrected chi connectivity index (χ4v) is 6.00. The van der Waals surface area contributed by atoms with Gasteiger partial charge in [-0.3, -0.25) is 4.79 Å². The lowest BCUT2D eigenvalue weighted by atomic mass is 10.2. The molecular weight excluding hydrogens is 445 g/mol. The second-order valence-corrected chi connectivity index (χ2v) is 10.4. The fraction of sp³-hybridized carbons (Fsp3) is 0.381. The predicted molar refractivity (Wildman–Crippen MR) is 120 cm³/mol. The van der Waals surface area contributed by atoms with E-state index >= 15 is 0 Å². The minimum Gasteiger partial charge on any atom is -0.362 e. The number of hydrogen-bond acceptors (Lipinski definition) is 4. The molecule has 0 unspecified atom stereocenters. The van der Waals surface area contributed by atoms with Crippen molar-refractivity contribution in [3.05, 3.63) is 52.0 Å². The van der Waals surface area contributed by atoms with Gasteiger partial charge in [0.25, 0.3) is 0 Å². The van der Waals surface area contributed by atoms with Gasteiger partial charge >= 0.3 is 0 Å². The molecule has 2 aromatic carbocycles. The number of nitrogens with one attached hydrogen (secondary N) is 1. The Morgan fingerprint density at radius 2 is 1.77 bits per heavy atom. The SMILES string of the molecule is O=C(CN1CCc2cc(S(=O)(=O)N3CCCCC3)ccc21)Nc1ccc(Cl)cc1Cl. The Labute approximate surface area is 186 Å². The number of rotatable bonds is 5.